The van der Waals surface area contributed by atoms with Gasteiger partial charge in [-0.05, 0) is 35.8 Å². The van der Waals surface area contributed by atoms with Gasteiger partial charge in [0.15, 0.2) is 0 Å². The highest BCUT2D eigenvalue weighted by Crippen LogP contribution is 2.35. The van der Waals surface area contributed by atoms with Crippen molar-refractivity contribution in [3.05, 3.63) is 33.4 Å². The molecule has 2 atom stereocenters. The van der Waals surface area contributed by atoms with Gasteiger partial charge in [0.25, 0.3) is 0 Å². The molecule has 34 heavy (non-hydrogen) atoms. The van der Waals surface area contributed by atoms with Crippen molar-refractivity contribution >= 4 is 23.9 Å². The van der Waals surface area contributed by atoms with Crippen molar-refractivity contribution < 1.29 is 39.6 Å². The van der Waals surface area contributed by atoms with Crippen LogP contribution < -0.4 is 0 Å². The van der Waals surface area contributed by atoms with E-state index in [9.17, 15) is 39.6 Å². The van der Waals surface area contributed by atoms with Gasteiger partial charge in [0.1, 0.15) is 0 Å². The van der Waals surface area contributed by atoms with Crippen LogP contribution in [0.4, 0.5) is 0 Å². The fraction of sp³-hybridized carbons (Fsp3) is 0.615. The summed E-state index contributed by atoms with van der Waals surface area (Å²) in [6, 6.07) is 0. The number of benzene rings is 1. The van der Waals surface area contributed by atoms with Gasteiger partial charge in [0.2, 0.25) is 0 Å². The maximum atomic E-state index is 12.4. The van der Waals surface area contributed by atoms with Crippen molar-refractivity contribution in [1.82, 2.24) is 0 Å². The fourth-order valence-corrected chi connectivity index (χ4v) is 4.67. The van der Waals surface area contributed by atoms with Crippen LogP contribution in [0.2, 0.25) is 0 Å². The Kier molecular flexibility index (Phi) is 11.8. The molecule has 0 amide bonds. The van der Waals surface area contributed by atoms with Gasteiger partial charge in [-0.3, -0.25) is 0 Å². The van der Waals surface area contributed by atoms with Gasteiger partial charge in [-0.1, -0.05) is 79.1 Å². The highest BCUT2D eigenvalue weighted by Gasteiger charge is 2.36. The number of unbranched alkanes of at least 4 members (excludes halogenated alkanes) is 2. The van der Waals surface area contributed by atoms with Crippen LogP contribution in [0.25, 0.3) is 0 Å². The van der Waals surface area contributed by atoms with Crippen molar-refractivity contribution in [2.24, 2.45) is 11.8 Å². The van der Waals surface area contributed by atoms with Crippen LogP contribution in [0.1, 0.15) is 132 Å². The van der Waals surface area contributed by atoms with Gasteiger partial charge in [-0.2, -0.15) is 0 Å². The molecule has 0 spiro atoms. The number of hydrogen-bond acceptors (Lipinski definition) is 4. The van der Waals surface area contributed by atoms with Crippen molar-refractivity contribution in [3.63, 3.8) is 0 Å². The van der Waals surface area contributed by atoms with Crippen LogP contribution in [0, 0.1) is 11.8 Å². The van der Waals surface area contributed by atoms with E-state index in [1.165, 1.54) is 0 Å². The molecule has 0 heterocycles. The van der Waals surface area contributed by atoms with Crippen LogP contribution in [0.15, 0.2) is 0 Å². The van der Waals surface area contributed by atoms with E-state index >= 15 is 0 Å². The van der Waals surface area contributed by atoms with Crippen LogP contribution in [-0.4, -0.2) is 44.3 Å². The van der Waals surface area contributed by atoms with Gasteiger partial charge in [0, 0.05) is 0 Å². The number of carboxylic acid groups (broad SMARTS) is 4. The highest BCUT2D eigenvalue weighted by atomic mass is 16.4. The standard InChI is InChI=1S/C26H38O8/c1-5-9-11-15(7-3)13-17-19(23(27)28)21(25(31)32)18(14-16(8-4)12-10-6-2)22(26(33)34)20(17)24(29)30/h15-16H,5-14H2,1-4H3,(H,27,28)(H,29,30)(H,31,32)(H,33,34). The van der Waals surface area contributed by atoms with Crippen LogP contribution >= 0.6 is 0 Å². The van der Waals surface area contributed by atoms with E-state index in [2.05, 4.69) is 0 Å². The molecule has 0 aliphatic rings. The molecule has 0 aromatic heterocycles. The number of aromatic carboxylic acids is 4. The summed E-state index contributed by atoms with van der Waals surface area (Å²) >= 11 is 0. The minimum Gasteiger partial charge on any atom is -0.478 e. The topological polar surface area (TPSA) is 149 Å². The lowest BCUT2D eigenvalue weighted by molar-refractivity contribution is 0.0631. The molecular weight excluding hydrogens is 440 g/mol. The van der Waals surface area contributed by atoms with Crippen LogP contribution in [-0.2, 0) is 12.8 Å². The van der Waals surface area contributed by atoms with Gasteiger partial charge >= 0.3 is 23.9 Å². The first-order valence-corrected chi connectivity index (χ1v) is 12.2. The minimum absolute atomic E-state index is 0.00630. The Morgan fingerprint density at radius 3 is 1.00 bits per heavy atom. The number of carboxylic acids is 4. The summed E-state index contributed by atoms with van der Waals surface area (Å²) in [6.45, 7) is 7.79. The highest BCUT2D eigenvalue weighted by molar-refractivity contribution is 6.12. The molecule has 8 nitrogen and oxygen atoms in total. The number of carbonyl (C=O) groups is 4. The molecule has 0 bridgehead atoms. The number of rotatable bonds is 16. The third-order valence-electron chi connectivity index (χ3n) is 6.63. The summed E-state index contributed by atoms with van der Waals surface area (Å²) in [5, 5.41) is 40.2. The van der Waals surface area contributed by atoms with E-state index < -0.39 is 46.1 Å². The van der Waals surface area contributed by atoms with E-state index in [1.54, 1.807) is 0 Å². The molecule has 2 unspecified atom stereocenters. The average molecular weight is 479 g/mol. The first-order chi connectivity index (χ1) is 16.0. The molecule has 4 N–H and O–H groups in total. The van der Waals surface area contributed by atoms with E-state index in [0.29, 0.717) is 25.7 Å². The summed E-state index contributed by atoms with van der Waals surface area (Å²) in [4.78, 5) is 49.5. The summed E-state index contributed by atoms with van der Waals surface area (Å²) in [6.07, 6.45) is 6.11. The molecule has 1 rings (SSSR count). The number of hydrogen-bond donors (Lipinski definition) is 4. The molecule has 0 radical (unpaired) electrons. The minimum atomic E-state index is -1.56. The fourth-order valence-electron chi connectivity index (χ4n) is 4.67. The molecule has 8 heteroatoms. The zero-order valence-electron chi connectivity index (χ0n) is 20.6. The Morgan fingerprint density at radius 2 is 0.824 bits per heavy atom. The second-order valence-electron chi connectivity index (χ2n) is 8.92. The van der Waals surface area contributed by atoms with Crippen LogP contribution in [0.5, 0.6) is 0 Å². The van der Waals surface area contributed by atoms with Crippen molar-refractivity contribution in [1.29, 1.82) is 0 Å². The Bertz CT molecular complexity index is 777. The SMILES string of the molecule is CCCCC(CC)Cc1c(C(=O)O)c(C(=O)O)c(CC(CC)CCCC)c(C(=O)O)c1C(=O)O. The monoisotopic (exact) mass is 478 g/mol. The van der Waals surface area contributed by atoms with E-state index in [4.69, 9.17) is 0 Å². The maximum absolute atomic E-state index is 12.4. The normalized spacial score (nSPS) is 12.8. The third-order valence-corrected chi connectivity index (χ3v) is 6.63. The maximum Gasteiger partial charge on any atom is 0.336 e. The average Bonchev–Trinajstić information content (AvgIpc) is 2.77. The predicted molar refractivity (Wildman–Crippen MR) is 128 cm³/mol. The Morgan fingerprint density at radius 1 is 0.559 bits per heavy atom. The predicted octanol–water partition coefficient (Wildman–Crippen LogP) is 6.00. The summed E-state index contributed by atoms with van der Waals surface area (Å²) in [7, 11) is 0. The third kappa shape index (κ3) is 7.05. The van der Waals surface area contributed by atoms with Crippen molar-refractivity contribution in [2.45, 2.75) is 91.9 Å². The molecule has 0 aliphatic carbocycles. The van der Waals surface area contributed by atoms with E-state index in [1.807, 2.05) is 27.7 Å². The summed E-state index contributed by atoms with van der Waals surface area (Å²) in [5.74, 6) is -6.42. The molecule has 0 fully saturated rings. The van der Waals surface area contributed by atoms with Crippen molar-refractivity contribution in [2.75, 3.05) is 0 Å². The zero-order chi connectivity index (χ0) is 26.0. The molecular formula is C26H38O8. The lowest BCUT2D eigenvalue weighted by atomic mass is 9.78. The molecule has 0 aliphatic heterocycles. The van der Waals surface area contributed by atoms with Gasteiger partial charge in [-0.25, -0.2) is 19.2 Å². The first-order valence-electron chi connectivity index (χ1n) is 12.2. The summed E-state index contributed by atoms with van der Waals surface area (Å²) in [5.41, 5.74) is -2.78. The second-order valence-corrected chi connectivity index (χ2v) is 8.92. The Balaban J connectivity index is 4.06. The van der Waals surface area contributed by atoms with Gasteiger partial charge < -0.3 is 20.4 Å². The molecule has 0 saturated carbocycles. The van der Waals surface area contributed by atoms with Gasteiger partial charge in [0.05, 0.1) is 22.3 Å². The first kappa shape index (κ1) is 29.1. The zero-order valence-corrected chi connectivity index (χ0v) is 20.6. The van der Waals surface area contributed by atoms with Gasteiger partial charge in [-0.15, -0.1) is 0 Å². The molecule has 190 valence electrons. The lowest BCUT2D eigenvalue weighted by Gasteiger charge is -2.25. The second kappa shape index (κ2) is 13.7. The molecule has 1 aromatic rings. The summed E-state index contributed by atoms with van der Waals surface area (Å²) < 4.78 is 0. The van der Waals surface area contributed by atoms with Crippen LogP contribution in [0.3, 0.4) is 0 Å². The van der Waals surface area contributed by atoms with Crippen molar-refractivity contribution in [3.8, 4) is 0 Å². The Hall–Kier alpha value is -2.90. The van der Waals surface area contributed by atoms with E-state index in [0.717, 1.165) is 25.7 Å². The van der Waals surface area contributed by atoms with E-state index in [-0.39, 0.29) is 35.8 Å². The quantitative estimate of drug-likeness (QED) is 0.226. The smallest absolute Gasteiger partial charge is 0.336 e. The lowest BCUT2D eigenvalue weighted by Crippen LogP contribution is -2.26. The molecule has 0 saturated heterocycles. The largest absolute Gasteiger partial charge is 0.478 e. The Labute approximate surface area is 201 Å². The molecule has 1 aromatic carbocycles.